The molecule has 1 rings (SSSR count). The molecule has 11 heavy (non-hydrogen) atoms. The summed E-state index contributed by atoms with van der Waals surface area (Å²) in [6.07, 6.45) is -0.314. The van der Waals surface area contributed by atoms with Crippen LogP contribution in [-0.2, 0) is 20.3 Å². The third-order valence-electron chi connectivity index (χ3n) is 1.27. The molecule has 1 unspecified atom stereocenters. The summed E-state index contributed by atoms with van der Waals surface area (Å²) in [4.78, 5) is 0. The average Bonchev–Trinajstić information content (AvgIpc) is 1.85. The second kappa shape index (κ2) is 3.88. The fourth-order valence-electron chi connectivity index (χ4n) is 0.905. The van der Waals surface area contributed by atoms with Gasteiger partial charge in [-0.05, 0) is 13.8 Å². The Kier molecular flexibility index (Phi) is 3.08. The lowest BCUT2D eigenvalue weighted by atomic mass is 10.6. The van der Waals surface area contributed by atoms with E-state index in [0.717, 1.165) is 0 Å². The molecule has 3 nitrogen and oxygen atoms in total. The molecule has 0 aromatic carbocycles. The topological polar surface area (TPSA) is 35.5 Å². The summed E-state index contributed by atoms with van der Waals surface area (Å²) in [6.45, 7) is 4.26. The molecule has 0 aromatic heterocycles. The molecule has 4 heteroatoms. The lowest BCUT2D eigenvalue weighted by molar-refractivity contribution is -0.0969. The van der Waals surface area contributed by atoms with Gasteiger partial charge in [-0.15, -0.1) is 0 Å². The minimum Gasteiger partial charge on any atom is -0.468 e. The maximum absolute atomic E-state index is 11.0. The van der Waals surface area contributed by atoms with Crippen molar-refractivity contribution in [2.75, 3.05) is 12.4 Å². The Morgan fingerprint density at radius 3 is 3.18 bits per heavy atom. The summed E-state index contributed by atoms with van der Waals surface area (Å²) in [7, 11) is -0.914. The van der Waals surface area contributed by atoms with Crippen molar-refractivity contribution in [3.8, 4) is 0 Å². The standard InChI is InChI=1S/C7H12O3S/c1-3-9-7-5-11(8)4-6(2)10-7/h4,7H,3,5H2,1-2H3/t7-,11?/m1/s1. The summed E-state index contributed by atoms with van der Waals surface area (Å²) in [5, 5.41) is 1.61. The van der Waals surface area contributed by atoms with Crippen LogP contribution in [0.1, 0.15) is 13.8 Å². The zero-order valence-electron chi connectivity index (χ0n) is 6.70. The number of hydrogen-bond donors (Lipinski definition) is 0. The highest BCUT2D eigenvalue weighted by Gasteiger charge is 2.18. The summed E-state index contributed by atoms with van der Waals surface area (Å²) < 4.78 is 21.4. The van der Waals surface area contributed by atoms with Gasteiger partial charge < -0.3 is 9.47 Å². The Balaban J connectivity index is 2.50. The van der Waals surface area contributed by atoms with Crippen molar-refractivity contribution in [2.24, 2.45) is 0 Å². The number of rotatable bonds is 2. The van der Waals surface area contributed by atoms with Gasteiger partial charge in [-0.2, -0.15) is 0 Å². The molecule has 0 bridgehead atoms. The van der Waals surface area contributed by atoms with Gasteiger partial charge in [-0.3, -0.25) is 4.21 Å². The lowest BCUT2D eigenvalue weighted by Crippen LogP contribution is -2.26. The zero-order valence-corrected chi connectivity index (χ0v) is 7.52. The first kappa shape index (κ1) is 8.74. The third-order valence-corrected chi connectivity index (χ3v) is 2.46. The second-order valence-corrected chi connectivity index (χ2v) is 3.61. The molecule has 64 valence electrons. The molecule has 0 aliphatic carbocycles. The highest BCUT2D eigenvalue weighted by molar-refractivity contribution is 7.88. The molecule has 1 aliphatic rings. The van der Waals surface area contributed by atoms with Crippen molar-refractivity contribution in [1.82, 2.24) is 0 Å². The van der Waals surface area contributed by atoms with Crippen LogP contribution in [0.4, 0.5) is 0 Å². The predicted molar refractivity (Wildman–Crippen MR) is 43.3 cm³/mol. The Morgan fingerprint density at radius 1 is 1.91 bits per heavy atom. The molecular formula is C7H12O3S. The highest BCUT2D eigenvalue weighted by Crippen LogP contribution is 2.12. The number of hydrogen-bond acceptors (Lipinski definition) is 3. The van der Waals surface area contributed by atoms with Gasteiger partial charge in [0.1, 0.15) is 5.76 Å². The first-order chi connectivity index (χ1) is 5.22. The van der Waals surface area contributed by atoms with E-state index in [9.17, 15) is 4.21 Å². The molecule has 0 aromatic rings. The molecule has 0 amide bonds. The summed E-state index contributed by atoms with van der Waals surface area (Å²) >= 11 is 0. The monoisotopic (exact) mass is 176 g/mol. The Morgan fingerprint density at radius 2 is 2.64 bits per heavy atom. The van der Waals surface area contributed by atoms with E-state index in [0.29, 0.717) is 18.1 Å². The van der Waals surface area contributed by atoms with Gasteiger partial charge in [-0.25, -0.2) is 0 Å². The number of allylic oxidation sites excluding steroid dienone is 1. The van der Waals surface area contributed by atoms with E-state index in [1.54, 1.807) is 12.3 Å². The van der Waals surface area contributed by atoms with Crippen LogP contribution in [-0.4, -0.2) is 22.9 Å². The van der Waals surface area contributed by atoms with Crippen LogP contribution < -0.4 is 0 Å². The van der Waals surface area contributed by atoms with Crippen LogP contribution >= 0.6 is 0 Å². The van der Waals surface area contributed by atoms with E-state index in [-0.39, 0.29) is 6.29 Å². The quantitative estimate of drug-likeness (QED) is 0.629. The largest absolute Gasteiger partial charge is 0.468 e. The molecule has 2 atom stereocenters. The van der Waals surface area contributed by atoms with Crippen molar-refractivity contribution in [1.29, 1.82) is 0 Å². The first-order valence-electron chi connectivity index (χ1n) is 3.56. The minimum absolute atomic E-state index is 0.314. The van der Waals surface area contributed by atoms with Crippen LogP contribution in [0.25, 0.3) is 0 Å². The van der Waals surface area contributed by atoms with Crippen LogP contribution in [0.15, 0.2) is 11.2 Å². The van der Waals surface area contributed by atoms with Crippen LogP contribution in [0.2, 0.25) is 0 Å². The molecule has 0 saturated carbocycles. The molecule has 0 spiro atoms. The average molecular weight is 176 g/mol. The van der Waals surface area contributed by atoms with Gasteiger partial charge in [-0.1, -0.05) is 0 Å². The van der Waals surface area contributed by atoms with Gasteiger partial charge in [0, 0.05) is 12.0 Å². The molecular weight excluding hydrogens is 164 g/mol. The van der Waals surface area contributed by atoms with Gasteiger partial charge in [0.15, 0.2) is 0 Å². The summed E-state index contributed by atoms with van der Waals surface area (Å²) in [5.74, 6) is 1.14. The van der Waals surface area contributed by atoms with Crippen LogP contribution in [0.3, 0.4) is 0 Å². The summed E-state index contributed by atoms with van der Waals surface area (Å²) in [6, 6.07) is 0. The molecule has 1 heterocycles. The van der Waals surface area contributed by atoms with Gasteiger partial charge >= 0.3 is 0 Å². The van der Waals surface area contributed by atoms with Gasteiger partial charge in [0.25, 0.3) is 0 Å². The van der Waals surface area contributed by atoms with E-state index in [2.05, 4.69) is 0 Å². The predicted octanol–water partition coefficient (Wildman–Crippen LogP) is 0.989. The molecule has 0 radical (unpaired) electrons. The number of ether oxygens (including phenoxy) is 2. The SMILES string of the molecule is CCO[C@H]1CS(=O)C=C(C)O1. The Labute approximate surface area is 68.8 Å². The smallest absolute Gasteiger partial charge is 0.211 e. The molecule has 1 aliphatic heterocycles. The third kappa shape index (κ3) is 2.63. The maximum Gasteiger partial charge on any atom is 0.211 e. The Hall–Kier alpha value is -0.350. The Bertz CT molecular complexity index is 188. The maximum atomic E-state index is 11.0. The van der Waals surface area contributed by atoms with Crippen molar-refractivity contribution in [3.05, 3.63) is 11.2 Å². The lowest BCUT2D eigenvalue weighted by Gasteiger charge is -2.21. The van der Waals surface area contributed by atoms with E-state index < -0.39 is 10.8 Å². The first-order valence-corrected chi connectivity index (χ1v) is 4.94. The van der Waals surface area contributed by atoms with E-state index in [1.807, 2.05) is 6.92 Å². The van der Waals surface area contributed by atoms with Crippen molar-refractivity contribution in [2.45, 2.75) is 20.1 Å². The normalized spacial score (nSPS) is 30.9. The van der Waals surface area contributed by atoms with Crippen molar-refractivity contribution < 1.29 is 13.7 Å². The van der Waals surface area contributed by atoms with Crippen LogP contribution in [0.5, 0.6) is 0 Å². The minimum atomic E-state index is -0.914. The second-order valence-electron chi connectivity index (χ2n) is 2.28. The van der Waals surface area contributed by atoms with Crippen molar-refractivity contribution in [3.63, 3.8) is 0 Å². The van der Waals surface area contributed by atoms with Crippen molar-refractivity contribution >= 4 is 10.8 Å². The van der Waals surface area contributed by atoms with E-state index >= 15 is 0 Å². The molecule has 0 N–H and O–H groups in total. The molecule has 0 fully saturated rings. The fourth-order valence-corrected chi connectivity index (χ4v) is 1.86. The van der Waals surface area contributed by atoms with Gasteiger partial charge in [0.05, 0.1) is 16.6 Å². The van der Waals surface area contributed by atoms with Crippen LogP contribution in [0, 0.1) is 0 Å². The zero-order chi connectivity index (χ0) is 8.27. The molecule has 0 saturated heterocycles. The highest BCUT2D eigenvalue weighted by atomic mass is 32.2. The fraction of sp³-hybridized carbons (Fsp3) is 0.714. The van der Waals surface area contributed by atoms with Gasteiger partial charge in [0.2, 0.25) is 6.29 Å². The van der Waals surface area contributed by atoms with E-state index in [1.165, 1.54) is 0 Å². The van der Waals surface area contributed by atoms with E-state index in [4.69, 9.17) is 9.47 Å². The summed E-state index contributed by atoms with van der Waals surface area (Å²) in [5.41, 5.74) is 0.